The molecule has 4 saturated carbocycles. The molecule has 0 bridgehead atoms. The Kier molecular flexibility index (Phi) is 4.30. The normalized spacial score (nSPS) is 52.4. The summed E-state index contributed by atoms with van der Waals surface area (Å²) in [5.74, 6) is 2.74. The number of hydrogen-bond donors (Lipinski definition) is 2. The summed E-state index contributed by atoms with van der Waals surface area (Å²) in [6, 6.07) is 0. The van der Waals surface area contributed by atoms with Crippen molar-refractivity contribution >= 4 is 5.97 Å². The van der Waals surface area contributed by atoms with E-state index in [0.717, 1.165) is 37.0 Å². The minimum Gasteiger partial charge on any atom is -0.478 e. The Morgan fingerprint density at radius 1 is 0.960 bits per heavy atom. The van der Waals surface area contributed by atoms with Crippen molar-refractivity contribution in [3.63, 3.8) is 0 Å². The summed E-state index contributed by atoms with van der Waals surface area (Å²) in [6.45, 7) is 4.97. The first kappa shape index (κ1) is 17.6. The van der Waals surface area contributed by atoms with Gasteiger partial charge in [0.1, 0.15) is 0 Å². The largest absolute Gasteiger partial charge is 0.478 e. The molecule has 0 radical (unpaired) electrons. The van der Waals surface area contributed by atoms with Gasteiger partial charge < -0.3 is 10.2 Å². The summed E-state index contributed by atoms with van der Waals surface area (Å²) in [5, 5.41) is 19.2. The molecule has 3 nitrogen and oxygen atoms in total. The number of aliphatic hydroxyl groups is 1. The molecule has 0 aromatic carbocycles. The van der Waals surface area contributed by atoms with Gasteiger partial charge in [0.25, 0.3) is 0 Å². The molecule has 8 atom stereocenters. The van der Waals surface area contributed by atoms with Crippen molar-refractivity contribution in [2.75, 3.05) is 0 Å². The first-order valence-corrected chi connectivity index (χ1v) is 10.4. The minimum absolute atomic E-state index is 0.0690. The molecule has 140 valence electrons. The first-order chi connectivity index (χ1) is 11.8. The van der Waals surface area contributed by atoms with Gasteiger partial charge in [0, 0.05) is 6.08 Å². The Balaban J connectivity index is 1.57. The molecule has 4 aliphatic rings. The zero-order valence-corrected chi connectivity index (χ0v) is 15.8. The summed E-state index contributed by atoms with van der Waals surface area (Å²) >= 11 is 0. The molecule has 0 aromatic heterocycles. The van der Waals surface area contributed by atoms with Crippen LogP contribution in [0.15, 0.2) is 12.2 Å². The standard InChI is InChI=1S/C22H34O3/c1-21-12-10-19-17(18(21)7-4-14(21)5-8-20(24)25)6-3-15-13-16(23)9-11-22(15,19)2/h5,8,14-19,23H,3-4,6-7,9-13H2,1-2H3,(H,24,25)/t14-,15?,16?,17-,18-,19-,21+,22-/m0/s1. The molecule has 3 heteroatoms. The maximum Gasteiger partial charge on any atom is 0.327 e. The van der Waals surface area contributed by atoms with Gasteiger partial charge in [0.2, 0.25) is 0 Å². The highest BCUT2D eigenvalue weighted by molar-refractivity contribution is 5.79. The summed E-state index contributed by atoms with van der Waals surface area (Å²) in [5.41, 5.74) is 0.725. The Morgan fingerprint density at radius 3 is 2.44 bits per heavy atom. The van der Waals surface area contributed by atoms with Crippen LogP contribution in [0.25, 0.3) is 0 Å². The van der Waals surface area contributed by atoms with Crippen LogP contribution in [0.1, 0.15) is 71.6 Å². The Hall–Kier alpha value is -0.830. The number of aliphatic carboxylic acids is 1. The van der Waals surface area contributed by atoms with Crippen LogP contribution in [0.5, 0.6) is 0 Å². The van der Waals surface area contributed by atoms with E-state index in [0.29, 0.717) is 22.7 Å². The highest BCUT2D eigenvalue weighted by atomic mass is 16.4. The zero-order chi connectivity index (χ0) is 17.8. The van der Waals surface area contributed by atoms with Crippen molar-refractivity contribution in [1.82, 2.24) is 0 Å². The van der Waals surface area contributed by atoms with Crippen LogP contribution in [-0.2, 0) is 4.79 Å². The highest BCUT2D eigenvalue weighted by Crippen LogP contribution is 2.67. The molecule has 0 spiro atoms. The molecule has 4 rings (SSSR count). The van der Waals surface area contributed by atoms with Gasteiger partial charge in [-0.3, -0.25) is 0 Å². The lowest BCUT2D eigenvalue weighted by Crippen LogP contribution is -2.53. The van der Waals surface area contributed by atoms with E-state index in [1.54, 1.807) is 0 Å². The predicted octanol–water partition coefficient (Wildman–Crippen LogP) is 4.65. The van der Waals surface area contributed by atoms with E-state index in [4.69, 9.17) is 5.11 Å². The van der Waals surface area contributed by atoms with Crippen LogP contribution in [0.2, 0.25) is 0 Å². The smallest absolute Gasteiger partial charge is 0.327 e. The lowest BCUT2D eigenvalue weighted by molar-refractivity contribution is -0.131. The molecule has 4 aliphatic carbocycles. The van der Waals surface area contributed by atoms with Gasteiger partial charge in [-0.2, -0.15) is 0 Å². The quantitative estimate of drug-likeness (QED) is 0.716. The van der Waals surface area contributed by atoms with E-state index in [9.17, 15) is 9.90 Å². The third-order valence-electron chi connectivity index (χ3n) is 9.18. The van der Waals surface area contributed by atoms with Gasteiger partial charge in [0.15, 0.2) is 0 Å². The predicted molar refractivity (Wildman–Crippen MR) is 98.0 cm³/mol. The second kappa shape index (κ2) is 6.11. The molecular formula is C22H34O3. The van der Waals surface area contributed by atoms with Crippen LogP contribution in [-0.4, -0.2) is 22.3 Å². The molecule has 0 saturated heterocycles. The van der Waals surface area contributed by atoms with Crippen molar-refractivity contribution in [3.8, 4) is 0 Å². The van der Waals surface area contributed by atoms with E-state index in [-0.39, 0.29) is 6.10 Å². The summed E-state index contributed by atoms with van der Waals surface area (Å²) < 4.78 is 0. The Bertz CT molecular complexity index is 570. The van der Waals surface area contributed by atoms with Crippen LogP contribution in [0.4, 0.5) is 0 Å². The van der Waals surface area contributed by atoms with Crippen LogP contribution < -0.4 is 0 Å². The number of hydrogen-bond acceptors (Lipinski definition) is 2. The van der Waals surface area contributed by atoms with Crippen molar-refractivity contribution in [3.05, 3.63) is 12.2 Å². The molecular weight excluding hydrogens is 312 g/mol. The third kappa shape index (κ3) is 2.69. The van der Waals surface area contributed by atoms with Gasteiger partial charge >= 0.3 is 5.97 Å². The van der Waals surface area contributed by atoms with Gasteiger partial charge in [-0.1, -0.05) is 19.9 Å². The van der Waals surface area contributed by atoms with E-state index in [2.05, 4.69) is 13.8 Å². The van der Waals surface area contributed by atoms with Crippen molar-refractivity contribution in [2.24, 2.45) is 40.4 Å². The summed E-state index contributed by atoms with van der Waals surface area (Å²) in [7, 11) is 0. The summed E-state index contributed by atoms with van der Waals surface area (Å²) in [4.78, 5) is 11.0. The molecule has 0 aromatic rings. The van der Waals surface area contributed by atoms with E-state index >= 15 is 0 Å². The summed E-state index contributed by atoms with van der Waals surface area (Å²) in [6.07, 6.45) is 14.1. The topological polar surface area (TPSA) is 57.5 Å². The molecule has 2 unspecified atom stereocenters. The number of allylic oxidation sites excluding steroid dienone is 1. The highest BCUT2D eigenvalue weighted by Gasteiger charge is 2.59. The number of rotatable bonds is 2. The fourth-order valence-corrected chi connectivity index (χ4v) is 7.79. The molecule has 2 N–H and O–H groups in total. The fraction of sp³-hybridized carbons (Fsp3) is 0.864. The van der Waals surface area contributed by atoms with Gasteiger partial charge in [-0.25, -0.2) is 4.79 Å². The van der Waals surface area contributed by atoms with Gasteiger partial charge in [-0.15, -0.1) is 0 Å². The maximum atomic E-state index is 11.0. The lowest BCUT2D eigenvalue weighted by atomic mass is 9.44. The molecule has 0 amide bonds. The van der Waals surface area contributed by atoms with Crippen molar-refractivity contribution in [2.45, 2.75) is 77.7 Å². The zero-order valence-electron chi connectivity index (χ0n) is 15.8. The van der Waals surface area contributed by atoms with E-state index in [1.807, 2.05) is 6.08 Å². The SMILES string of the molecule is C[C@]12CC[C@H]3[C@@H](CCC4CC(O)CC[C@@]43C)[C@@H]1CC[C@H]2C=CC(=O)O. The Labute approximate surface area is 151 Å². The van der Waals surface area contributed by atoms with E-state index in [1.165, 1.54) is 44.6 Å². The lowest BCUT2D eigenvalue weighted by Gasteiger charge is -2.60. The van der Waals surface area contributed by atoms with E-state index < -0.39 is 5.97 Å². The van der Waals surface area contributed by atoms with Crippen molar-refractivity contribution < 1.29 is 15.0 Å². The maximum absolute atomic E-state index is 11.0. The monoisotopic (exact) mass is 346 g/mol. The molecule has 0 heterocycles. The molecule has 25 heavy (non-hydrogen) atoms. The van der Waals surface area contributed by atoms with Crippen LogP contribution in [0.3, 0.4) is 0 Å². The number of carboxylic acids is 1. The second-order valence-corrected chi connectivity index (χ2v) is 10.0. The van der Waals surface area contributed by atoms with Crippen LogP contribution >= 0.6 is 0 Å². The van der Waals surface area contributed by atoms with Crippen molar-refractivity contribution in [1.29, 1.82) is 0 Å². The number of carbonyl (C=O) groups is 1. The molecule has 4 fully saturated rings. The first-order valence-electron chi connectivity index (χ1n) is 10.4. The minimum atomic E-state index is -0.811. The van der Waals surface area contributed by atoms with Gasteiger partial charge in [0.05, 0.1) is 6.10 Å². The Morgan fingerprint density at radius 2 is 1.68 bits per heavy atom. The number of fused-ring (bicyclic) bond motifs is 5. The molecule has 0 aliphatic heterocycles. The second-order valence-electron chi connectivity index (χ2n) is 10.0. The number of aliphatic hydroxyl groups excluding tert-OH is 1. The third-order valence-corrected chi connectivity index (χ3v) is 9.18. The number of carboxylic acid groups (broad SMARTS) is 1. The van der Waals surface area contributed by atoms with Gasteiger partial charge in [-0.05, 0) is 98.2 Å². The average Bonchev–Trinajstić information content (AvgIpc) is 2.90. The van der Waals surface area contributed by atoms with Crippen LogP contribution in [0, 0.1) is 40.4 Å². The average molecular weight is 347 g/mol. The fourth-order valence-electron chi connectivity index (χ4n) is 7.79.